The molecule has 0 saturated heterocycles. The Labute approximate surface area is 90.3 Å². The van der Waals surface area contributed by atoms with Gasteiger partial charge in [-0.25, -0.2) is 9.78 Å². The third-order valence-electron chi connectivity index (χ3n) is 1.68. The first kappa shape index (κ1) is 11.5. The minimum atomic E-state index is -1.39. The lowest BCUT2D eigenvalue weighted by atomic mass is 10.2. The van der Waals surface area contributed by atoms with E-state index >= 15 is 0 Å². The zero-order valence-corrected chi connectivity index (χ0v) is 8.01. The van der Waals surface area contributed by atoms with Crippen molar-refractivity contribution in [3.8, 4) is 12.3 Å². The van der Waals surface area contributed by atoms with Crippen molar-refractivity contribution < 1.29 is 14.8 Å². The maximum absolute atomic E-state index is 10.8. The summed E-state index contributed by atoms with van der Waals surface area (Å²) >= 11 is 0. The van der Waals surface area contributed by atoms with E-state index in [4.69, 9.17) is 11.5 Å². The predicted octanol–water partition coefficient (Wildman–Crippen LogP) is 0.733. The van der Waals surface area contributed by atoms with Crippen LogP contribution < -0.4 is 5.32 Å². The van der Waals surface area contributed by atoms with Crippen LogP contribution in [0.2, 0.25) is 0 Å². The first-order valence-corrected chi connectivity index (χ1v) is 4.11. The van der Waals surface area contributed by atoms with Crippen molar-refractivity contribution in [2.45, 2.75) is 0 Å². The SMILES string of the molecule is C#CCNc1cc(C(=O)O)c([N+](=O)[O-])cn1. The van der Waals surface area contributed by atoms with E-state index in [1.807, 2.05) is 0 Å². The minimum absolute atomic E-state index is 0.157. The van der Waals surface area contributed by atoms with E-state index in [9.17, 15) is 14.9 Å². The van der Waals surface area contributed by atoms with Crippen LogP contribution in [0.25, 0.3) is 0 Å². The molecule has 0 amide bonds. The summed E-state index contributed by atoms with van der Waals surface area (Å²) in [5.41, 5.74) is -0.988. The number of anilines is 1. The zero-order valence-electron chi connectivity index (χ0n) is 8.01. The van der Waals surface area contributed by atoms with Crippen molar-refractivity contribution in [2.75, 3.05) is 11.9 Å². The topological polar surface area (TPSA) is 105 Å². The molecule has 7 heteroatoms. The lowest BCUT2D eigenvalue weighted by Crippen LogP contribution is -2.07. The highest BCUT2D eigenvalue weighted by atomic mass is 16.6. The number of pyridine rings is 1. The third-order valence-corrected chi connectivity index (χ3v) is 1.68. The Hall–Kier alpha value is -2.62. The number of hydrogen-bond donors (Lipinski definition) is 2. The number of terminal acetylenes is 1. The molecule has 0 bridgehead atoms. The Morgan fingerprint density at radius 3 is 2.94 bits per heavy atom. The van der Waals surface area contributed by atoms with E-state index in [-0.39, 0.29) is 12.4 Å². The van der Waals surface area contributed by atoms with Gasteiger partial charge in [-0.3, -0.25) is 10.1 Å². The Kier molecular flexibility index (Phi) is 3.40. The van der Waals surface area contributed by atoms with Gasteiger partial charge in [-0.15, -0.1) is 6.42 Å². The minimum Gasteiger partial charge on any atom is -0.477 e. The number of aromatic carboxylic acids is 1. The summed E-state index contributed by atoms with van der Waals surface area (Å²) in [6.07, 6.45) is 5.86. The van der Waals surface area contributed by atoms with Gasteiger partial charge in [0.15, 0.2) is 0 Å². The highest BCUT2D eigenvalue weighted by Crippen LogP contribution is 2.19. The molecule has 82 valence electrons. The molecular weight excluding hydrogens is 214 g/mol. The lowest BCUT2D eigenvalue weighted by molar-refractivity contribution is -0.385. The molecule has 2 N–H and O–H groups in total. The van der Waals surface area contributed by atoms with Crippen LogP contribution >= 0.6 is 0 Å². The summed E-state index contributed by atoms with van der Waals surface area (Å²) in [5.74, 6) is 1.06. The normalized spacial score (nSPS) is 9.19. The van der Waals surface area contributed by atoms with Gasteiger partial charge >= 0.3 is 11.7 Å². The summed E-state index contributed by atoms with van der Waals surface area (Å²) < 4.78 is 0. The standard InChI is InChI=1S/C9H7N3O4/c1-2-3-10-8-4-6(9(13)14)7(5-11-8)12(15)16/h1,4-5H,3H2,(H,10,11)(H,13,14). The smallest absolute Gasteiger partial charge is 0.342 e. The molecule has 0 spiro atoms. The fourth-order valence-electron chi connectivity index (χ4n) is 1.00. The van der Waals surface area contributed by atoms with Gasteiger partial charge in [0.25, 0.3) is 0 Å². The van der Waals surface area contributed by atoms with Crippen molar-refractivity contribution in [1.82, 2.24) is 4.98 Å². The number of carboxylic acid groups (broad SMARTS) is 1. The summed E-state index contributed by atoms with van der Waals surface area (Å²) in [5, 5.41) is 21.9. The highest BCUT2D eigenvalue weighted by Gasteiger charge is 2.20. The summed E-state index contributed by atoms with van der Waals surface area (Å²) in [7, 11) is 0. The van der Waals surface area contributed by atoms with Crippen LogP contribution in [0.4, 0.5) is 11.5 Å². The van der Waals surface area contributed by atoms with Crippen LogP contribution in [0, 0.1) is 22.5 Å². The van der Waals surface area contributed by atoms with Gasteiger partial charge < -0.3 is 10.4 Å². The molecule has 0 radical (unpaired) electrons. The number of carboxylic acids is 1. The average Bonchev–Trinajstić information content (AvgIpc) is 2.25. The zero-order chi connectivity index (χ0) is 12.1. The lowest BCUT2D eigenvalue weighted by Gasteiger charge is -2.02. The largest absolute Gasteiger partial charge is 0.477 e. The summed E-state index contributed by atoms with van der Waals surface area (Å²) in [6.45, 7) is 0.157. The van der Waals surface area contributed by atoms with Gasteiger partial charge in [0.05, 0.1) is 11.5 Å². The number of nitro groups is 1. The maximum Gasteiger partial charge on any atom is 0.342 e. The number of hydrogen-bond acceptors (Lipinski definition) is 5. The van der Waals surface area contributed by atoms with Crippen LogP contribution in [0.3, 0.4) is 0 Å². The molecule has 1 aromatic heterocycles. The number of rotatable bonds is 4. The molecule has 16 heavy (non-hydrogen) atoms. The summed E-state index contributed by atoms with van der Waals surface area (Å²) in [4.78, 5) is 24.1. The van der Waals surface area contributed by atoms with Crippen molar-refractivity contribution in [3.05, 3.63) is 27.9 Å². The number of aromatic nitrogens is 1. The van der Waals surface area contributed by atoms with Gasteiger partial charge in [-0.05, 0) is 0 Å². The van der Waals surface area contributed by atoms with Crippen LogP contribution in [-0.2, 0) is 0 Å². The second-order valence-corrected chi connectivity index (χ2v) is 2.71. The van der Waals surface area contributed by atoms with E-state index in [2.05, 4.69) is 16.2 Å². The van der Waals surface area contributed by atoms with Gasteiger partial charge in [-0.1, -0.05) is 5.92 Å². The number of nitrogens with one attached hydrogen (secondary N) is 1. The molecular formula is C9H7N3O4. The Balaban J connectivity index is 3.13. The molecule has 0 aliphatic rings. The fourth-order valence-corrected chi connectivity index (χ4v) is 1.00. The van der Waals surface area contributed by atoms with E-state index in [1.54, 1.807) is 0 Å². The molecule has 0 fully saturated rings. The van der Waals surface area contributed by atoms with E-state index < -0.39 is 22.1 Å². The van der Waals surface area contributed by atoms with Crippen LogP contribution in [0.15, 0.2) is 12.3 Å². The van der Waals surface area contributed by atoms with Gasteiger partial charge in [0.1, 0.15) is 17.6 Å². The predicted molar refractivity (Wildman–Crippen MR) is 55.2 cm³/mol. The molecule has 0 unspecified atom stereocenters. The number of nitrogens with zero attached hydrogens (tertiary/aromatic N) is 2. The van der Waals surface area contributed by atoms with E-state index in [0.29, 0.717) is 0 Å². The van der Waals surface area contributed by atoms with Crippen molar-refractivity contribution in [3.63, 3.8) is 0 Å². The van der Waals surface area contributed by atoms with Crippen molar-refractivity contribution >= 4 is 17.5 Å². The molecule has 0 aliphatic heterocycles. The molecule has 7 nitrogen and oxygen atoms in total. The third kappa shape index (κ3) is 2.45. The van der Waals surface area contributed by atoms with Crippen molar-refractivity contribution in [2.24, 2.45) is 0 Å². The van der Waals surface area contributed by atoms with Gasteiger partial charge in [-0.2, -0.15) is 0 Å². The molecule has 0 aromatic carbocycles. The Morgan fingerprint density at radius 1 is 1.75 bits per heavy atom. The molecule has 1 heterocycles. The highest BCUT2D eigenvalue weighted by molar-refractivity contribution is 5.93. The summed E-state index contributed by atoms with van der Waals surface area (Å²) in [6, 6.07) is 1.07. The van der Waals surface area contributed by atoms with E-state index in [0.717, 1.165) is 12.3 Å². The maximum atomic E-state index is 10.8. The van der Waals surface area contributed by atoms with Crippen LogP contribution in [0.1, 0.15) is 10.4 Å². The van der Waals surface area contributed by atoms with Gasteiger partial charge in [0, 0.05) is 6.07 Å². The first-order chi connectivity index (χ1) is 7.56. The fraction of sp³-hybridized carbons (Fsp3) is 0.111. The molecule has 0 aliphatic carbocycles. The Morgan fingerprint density at radius 2 is 2.44 bits per heavy atom. The number of carbonyl (C=O) groups is 1. The monoisotopic (exact) mass is 221 g/mol. The second-order valence-electron chi connectivity index (χ2n) is 2.71. The van der Waals surface area contributed by atoms with Gasteiger partial charge in [0.2, 0.25) is 0 Å². The average molecular weight is 221 g/mol. The van der Waals surface area contributed by atoms with Crippen LogP contribution in [0.5, 0.6) is 0 Å². The van der Waals surface area contributed by atoms with Crippen molar-refractivity contribution in [1.29, 1.82) is 0 Å². The Bertz CT molecular complexity index is 478. The first-order valence-electron chi connectivity index (χ1n) is 4.11. The molecule has 1 rings (SSSR count). The molecule has 1 aromatic rings. The van der Waals surface area contributed by atoms with E-state index in [1.165, 1.54) is 0 Å². The van der Waals surface area contributed by atoms with Crippen LogP contribution in [-0.4, -0.2) is 27.5 Å². The quantitative estimate of drug-likeness (QED) is 0.441. The second kappa shape index (κ2) is 4.75. The molecule has 0 atom stereocenters. The molecule has 0 saturated carbocycles.